The van der Waals surface area contributed by atoms with Crippen molar-refractivity contribution in [3.63, 3.8) is 0 Å². The number of amides is 2. The molecular weight excluding hydrogens is 490 g/mol. The van der Waals surface area contributed by atoms with Gasteiger partial charge in [0.15, 0.2) is 23.1 Å². The highest BCUT2D eigenvalue weighted by molar-refractivity contribution is 5.89. The molecule has 2 amide bonds. The number of piperidine rings is 1. The van der Waals surface area contributed by atoms with Crippen molar-refractivity contribution in [2.24, 2.45) is 0 Å². The first-order chi connectivity index (χ1) is 18.3. The van der Waals surface area contributed by atoms with Crippen LogP contribution in [0.15, 0.2) is 36.4 Å². The van der Waals surface area contributed by atoms with E-state index in [0.717, 1.165) is 81.8 Å². The van der Waals surface area contributed by atoms with Crippen LogP contribution < -0.4 is 20.1 Å². The van der Waals surface area contributed by atoms with Crippen LogP contribution in [0.5, 0.6) is 11.5 Å². The molecule has 7 nitrogen and oxygen atoms in total. The Morgan fingerprint density at radius 2 is 1.71 bits per heavy atom. The predicted molar refractivity (Wildman–Crippen MR) is 143 cm³/mol. The average Bonchev–Trinajstić information content (AvgIpc) is 3.30. The molecule has 0 aromatic heterocycles. The second-order valence-corrected chi connectivity index (χ2v) is 11.0. The fourth-order valence-corrected chi connectivity index (χ4v) is 6.89. The van der Waals surface area contributed by atoms with Crippen LogP contribution in [0.25, 0.3) is 0 Å². The maximum absolute atomic E-state index is 13.6. The molecule has 1 saturated carbocycles. The van der Waals surface area contributed by atoms with Gasteiger partial charge in [0.25, 0.3) is 0 Å². The lowest BCUT2D eigenvalue weighted by Gasteiger charge is -2.48. The van der Waals surface area contributed by atoms with E-state index in [1.54, 1.807) is 14.2 Å². The van der Waals surface area contributed by atoms with Crippen molar-refractivity contribution in [3.8, 4) is 11.5 Å². The summed E-state index contributed by atoms with van der Waals surface area (Å²) in [6, 6.07) is 10.1. The zero-order chi connectivity index (χ0) is 26.9. The van der Waals surface area contributed by atoms with Crippen molar-refractivity contribution in [3.05, 3.63) is 53.6 Å². The molecule has 0 radical (unpaired) electrons. The molecular formula is C29H38F2N4O3. The smallest absolute Gasteiger partial charge is 0.319 e. The predicted octanol–water partition coefficient (Wildman–Crippen LogP) is 4.76. The molecule has 2 aromatic rings. The molecule has 0 bridgehead atoms. The summed E-state index contributed by atoms with van der Waals surface area (Å²) >= 11 is 0. The van der Waals surface area contributed by atoms with Gasteiger partial charge >= 0.3 is 6.03 Å². The van der Waals surface area contributed by atoms with Crippen molar-refractivity contribution < 1.29 is 23.0 Å². The van der Waals surface area contributed by atoms with Crippen molar-refractivity contribution in [2.75, 3.05) is 46.2 Å². The van der Waals surface area contributed by atoms with E-state index in [1.807, 2.05) is 6.07 Å². The van der Waals surface area contributed by atoms with E-state index >= 15 is 0 Å². The molecule has 1 aliphatic carbocycles. The van der Waals surface area contributed by atoms with Gasteiger partial charge in [-0.1, -0.05) is 6.07 Å². The summed E-state index contributed by atoms with van der Waals surface area (Å²) in [5.74, 6) is -0.467. The van der Waals surface area contributed by atoms with E-state index in [0.29, 0.717) is 6.04 Å². The van der Waals surface area contributed by atoms with Gasteiger partial charge in [0.05, 0.1) is 14.2 Å². The minimum Gasteiger partial charge on any atom is -0.493 e. The van der Waals surface area contributed by atoms with Crippen LogP contribution in [0.4, 0.5) is 19.3 Å². The number of hydrogen-bond acceptors (Lipinski definition) is 5. The lowest BCUT2D eigenvalue weighted by atomic mass is 9.65. The number of hydrogen-bond donors (Lipinski definition) is 2. The minimum atomic E-state index is -0.986. The van der Waals surface area contributed by atoms with Crippen LogP contribution in [0.1, 0.15) is 44.1 Å². The molecule has 5 rings (SSSR count). The quantitative estimate of drug-likeness (QED) is 0.566. The second kappa shape index (κ2) is 11.1. The van der Waals surface area contributed by atoms with E-state index in [9.17, 15) is 13.6 Å². The second-order valence-electron chi connectivity index (χ2n) is 11.0. The number of urea groups is 1. The van der Waals surface area contributed by atoms with Crippen LogP contribution >= 0.6 is 0 Å². The van der Waals surface area contributed by atoms with E-state index in [-0.39, 0.29) is 23.2 Å². The van der Waals surface area contributed by atoms with Crippen LogP contribution in [-0.2, 0) is 5.41 Å². The number of methoxy groups -OCH3 is 2. The molecule has 38 heavy (non-hydrogen) atoms. The molecule has 2 heterocycles. The standard InChI is InChI=1S/C29H38F2N4O3/c1-34-13-9-22(10-14-34)35-15-12-29(19-4-7-25(37-2)26(16-19)38-3)11-8-21(18-27(29)35)33-28(36)32-20-5-6-23(30)24(31)17-20/h4-7,16-17,21-22,27H,8-15,18H2,1-3H3,(H2,32,33,36). The molecule has 2 aliphatic heterocycles. The van der Waals surface area contributed by atoms with E-state index in [1.165, 1.54) is 11.6 Å². The molecule has 2 saturated heterocycles. The fourth-order valence-electron chi connectivity index (χ4n) is 6.89. The highest BCUT2D eigenvalue weighted by Crippen LogP contribution is 2.51. The van der Waals surface area contributed by atoms with Gasteiger partial charge in [-0.05, 0) is 95.0 Å². The lowest BCUT2D eigenvalue weighted by molar-refractivity contribution is 0.0673. The number of fused-ring (bicyclic) bond motifs is 1. The summed E-state index contributed by atoms with van der Waals surface area (Å²) in [6.07, 6.45) is 5.94. The Labute approximate surface area is 223 Å². The molecule has 2 N–H and O–H groups in total. The Balaban J connectivity index is 1.37. The van der Waals surface area contributed by atoms with Crippen molar-refractivity contribution in [1.29, 1.82) is 0 Å². The number of carbonyl (C=O) groups is 1. The number of nitrogens with zero attached hydrogens (tertiary/aromatic N) is 2. The number of carbonyl (C=O) groups excluding carboxylic acids is 1. The van der Waals surface area contributed by atoms with Gasteiger partial charge in [0.1, 0.15) is 0 Å². The SMILES string of the molecule is COc1ccc(C23CCC(NC(=O)Nc4ccc(F)c(F)c4)CC2N(C2CCN(C)CC2)CC3)cc1OC. The summed E-state index contributed by atoms with van der Waals surface area (Å²) in [4.78, 5) is 17.9. The monoisotopic (exact) mass is 528 g/mol. The van der Waals surface area contributed by atoms with Crippen molar-refractivity contribution >= 4 is 11.7 Å². The maximum Gasteiger partial charge on any atom is 0.319 e. The van der Waals surface area contributed by atoms with Crippen LogP contribution in [0.3, 0.4) is 0 Å². The summed E-state index contributed by atoms with van der Waals surface area (Å²) in [5, 5.41) is 5.77. The van der Waals surface area contributed by atoms with Crippen LogP contribution in [-0.4, -0.2) is 74.9 Å². The first-order valence-corrected chi connectivity index (χ1v) is 13.5. The molecule has 2 aromatic carbocycles. The van der Waals surface area contributed by atoms with Crippen molar-refractivity contribution in [1.82, 2.24) is 15.1 Å². The summed E-state index contributed by atoms with van der Waals surface area (Å²) in [6.45, 7) is 3.21. The Morgan fingerprint density at radius 1 is 0.947 bits per heavy atom. The van der Waals surface area contributed by atoms with E-state index in [2.05, 4.69) is 39.6 Å². The highest BCUT2D eigenvalue weighted by Gasteiger charge is 2.53. The third-order valence-electron chi connectivity index (χ3n) is 8.93. The molecule has 3 unspecified atom stereocenters. The topological polar surface area (TPSA) is 66.1 Å². The summed E-state index contributed by atoms with van der Waals surface area (Å²) in [5.41, 5.74) is 1.46. The number of nitrogens with one attached hydrogen (secondary N) is 2. The Morgan fingerprint density at radius 3 is 2.42 bits per heavy atom. The number of likely N-dealkylation sites (tertiary alicyclic amines) is 2. The first kappa shape index (κ1) is 26.7. The van der Waals surface area contributed by atoms with Gasteiger partial charge in [-0.2, -0.15) is 0 Å². The summed E-state index contributed by atoms with van der Waals surface area (Å²) in [7, 11) is 5.50. The largest absolute Gasteiger partial charge is 0.493 e. The van der Waals surface area contributed by atoms with Gasteiger partial charge in [-0.25, -0.2) is 13.6 Å². The zero-order valence-corrected chi connectivity index (χ0v) is 22.4. The van der Waals surface area contributed by atoms with Crippen molar-refractivity contribution in [2.45, 2.75) is 62.1 Å². The number of halogens is 2. The molecule has 3 aliphatic rings. The molecule has 0 spiro atoms. The Kier molecular flexibility index (Phi) is 7.77. The Bertz CT molecular complexity index is 1160. The van der Waals surface area contributed by atoms with Gasteiger partial charge in [-0.3, -0.25) is 4.90 Å². The lowest BCUT2D eigenvalue weighted by Crippen LogP contribution is -2.56. The molecule has 3 fully saturated rings. The molecule has 9 heteroatoms. The van der Waals surface area contributed by atoms with E-state index < -0.39 is 17.7 Å². The van der Waals surface area contributed by atoms with Gasteiger partial charge in [0.2, 0.25) is 0 Å². The maximum atomic E-state index is 13.6. The normalized spacial score (nSPS) is 26.6. The van der Waals surface area contributed by atoms with Gasteiger partial charge in [0, 0.05) is 35.3 Å². The summed E-state index contributed by atoms with van der Waals surface area (Å²) < 4.78 is 38.1. The van der Waals surface area contributed by atoms with E-state index in [4.69, 9.17) is 9.47 Å². The minimum absolute atomic E-state index is 0.0228. The number of anilines is 1. The number of benzene rings is 2. The van der Waals surface area contributed by atoms with Crippen LogP contribution in [0.2, 0.25) is 0 Å². The zero-order valence-electron chi connectivity index (χ0n) is 22.4. The molecule has 206 valence electrons. The fraction of sp³-hybridized carbons (Fsp3) is 0.552. The van der Waals surface area contributed by atoms with Gasteiger partial charge in [-0.15, -0.1) is 0 Å². The average molecular weight is 529 g/mol. The number of rotatable bonds is 6. The third kappa shape index (κ3) is 5.18. The number of ether oxygens (including phenoxy) is 2. The van der Waals surface area contributed by atoms with Gasteiger partial charge < -0.3 is 25.0 Å². The van der Waals surface area contributed by atoms with Crippen LogP contribution in [0, 0.1) is 11.6 Å². The highest BCUT2D eigenvalue weighted by atomic mass is 19.2. The first-order valence-electron chi connectivity index (χ1n) is 13.5. The third-order valence-corrected chi connectivity index (χ3v) is 8.93. The Hall–Kier alpha value is -2.91. The molecule has 3 atom stereocenters.